The van der Waals surface area contributed by atoms with Crippen molar-refractivity contribution in [1.82, 2.24) is 9.88 Å². The zero-order chi connectivity index (χ0) is 23.2. The number of H-pyrrole nitrogens is 1. The van der Waals surface area contributed by atoms with Gasteiger partial charge in [0.25, 0.3) is 0 Å². The third-order valence-corrected chi connectivity index (χ3v) is 7.66. The third kappa shape index (κ3) is 3.91. The standard InChI is InChI=1S/C27H32N2O4/c1-4-33-24-15-27(24)10-12-29(22(14-27)18-5-7-19(8-6-18)26(30)31)16-21-20-9-11-28-25(20)17(2)13-23(21)32-3/h5-9,11,13,22,24,28H,4,10,12,14-16H2,1-3H3,(H,30,31). The normalized spacial score (nSPS) is 24.9. The molecule has 3 unspecified atom stereocenters. The number of likely N-dealkylation sites (tertiary alicyclic amines) is 1. The molecule has 1 saturated heterocycles. The second-order valence-corrected chi connectivity index (χ2v) is 9.52. The molecule has 0 bridgehead atoms. The Morgan fingerprint density at radius 1 is 1.24 bits per heavy atom. The van der Waals surface area contributed by atoms with Gasteiger partial charge in [0, 0.05) is 47.3 Å². The molecule has 1 aromatic heterocycles. The summed E-state index contributed by atoms with van der Waals surface area (Å²) < 4.78 is 11.8. The maximum atomic E-state index is 11.4. The number of aromatic carboxylic acids is 1. The summed E-state index contributed by atoms with van der Waals surface area (Å²) in [5.41, 5.74) is 5.25. The van der Waals surface area contributed by atoms with Crippen LogP contribution in [0.25, 0.3) is 10.9 Å². The lowest BCUT2D eigenvalue weighted by Gasteiger charge is -2.41. The van der Waals surface area contributed by atoms with Gasteiger partial charge >= 0.3 is 5.97 Å². The van der Waals surface area contributed by atoms with Crippen LogP contribution in [-0.4, -0.2) is 47.3 Å². The summed E-state index contributed by atoms with van der Waals surface area (Å²) in [6.07, 6.45) is 5.59. The summed E-state index contributed by atoms with van der Waals surface area (Å²) in [5, 5.41) is 10.5. The molecular formula is C27H32N2O4. The first-order chi connectivity index (χ1) is 16.0. The Hall–Kier alpha value is -2.83. The van der Waals surface area contributed by atoms with E-state index in [4.69, 9.17) is 9.47 Å². The van der Waals surface area contributed by atoms with Gasteiger partial charge in [0.15, 0.2) is 0 Å². The number of carboxylic acid groups (broad SMARTS) is 1. The van der Waals surface area contributed by atoms with Crippen LogP contribution in [-0.2, 0) is 11.3 Å². The quantitative estimate of drug-likeness (QED) is 0.512. The number of benzene rings is 2. The molecule has 5 rings (SSSR count). The predicted molar refractivity (Wildman–Crippen MR) is 128 cm³/mol. The van der Waals surface area contributed by atoms with Crippen LogP contribution in [0, 0.1) is 12.3 Å². The van der Waals surface area contributed by atoms with Crippen LogP contribution in [0.15, 0.2) is 42.6 Å². The average molecular weight is 449 g/mol. The van der Waals surface area contributed by atoms with Gasteiger partial charge in [0.2, 0.25) is 0 Å². The van der Waals surface area contributed by atoms with Crippen molar-refractivity contribution in [3.63, 3.8) is 0 Å². The molecule has 2 N–H and O–H groups in total. The Labute approximate surface area is 194 Å². The predicted octanol–water partition coefficient (Wildman–Crippen LogP) is 5.32. The Bertz CT molecular complexity index is 1170. The highest BCUT2D eigenvalue weighted by Gasteiger charge is 2.58. The number of carboxylic acids is 1. The number of piperidine rings is 1. The van der Waals surface area contributed by atoms with Gasteiger partial charge in [-0.3, -0.25) is 4.90 Å². The van der Waals surface area contributed by atoms with Gasteiger partial charge in [-0.2, -0.15) is 0 Å². The summed E-state index contributed by atoms with van der Waals surface area (Å²) in [4.78, 5) is 17.3. The van der Waals surface area contributed by atoms with Crippen LogP contribution >= 0.6 is 0 Å². The van der Waals surface area contributed by atoms with Gasteiger partial charge in [0.1, 0.15) is 5.75 Å². The molecule has 2 aromatic carbocycles. The number of aromatic amines is 1. The minimum Gasteiger partial charge on any atom is -0.496 e. The van der Waals surface area contributed by atoms with Gasteiger partial charge < -0.3 is 19.6 Å². The lowest BCUT2D eigenvalue weighted by Crippen LogP contribution is -2.38. The number of carbonyl (C=O) groups is 1. The molecule has 33 heavy (non-hydrogen) atoms. The lowest BCUT2D eigenvalue weighted by molar-refractivity contribution is 0.0406. The number of hydrogen-bond donors (Lipinski definition) is 2. The number of nitrogens with zero attached hydrogens (tertiary/aromatic N) is 1. The largest absolute Gasteiger partial charge is 0.496 e. The number of ether oxygens (including phenoxy) is 2. The Balaban J connectivity index is 1.49. The molecule has 6 nitrogen and oxygen atoms in total. The summed E-state index contributed by atoms with van der Waals surface area (Å²) >= 11 is 0. The number of rotatable bonds is 7. The second-order valence-electron chi connectivity index (χ2n) is 9.52. The van der Waals surface area contributed by atoms with Crippen molar-refractivity contribution < 1.29 is 19.4 Å². The van der Waals surface area contributed by atoms with Gasteiger partial charge in [-0.05, 0) is 75.0 Å². The van der Waals surface area contributed by atoms with Crippen molar-refractivity contribution in [2.75, 3.05) is 20.3 Å². The zero-order valence-corrected chi connectivity index (χ0v) is 19.6. The van der Waals surface area contributed by atoms with Crippen LogP contribution in [0.2, 0.25) is 0 Å². The minimum atomic E-state index is -0.892. The molecule has 1 aliphatic carbocycles. The smallest absolute Gasteiger partial charge is 0.335 e. The first-order valence-corrected chi connectivity index (χ1v) is 11.8. The number of hydrogen-bond acceptors (Lipinski definition) is 4. The molecule has 6 heteroatoms. The van der Waals surface area contributed by atoms with Crippen LogP contribution in [0.3, 0.4) is 0 Å². The summed E-state index contributed by atoms with van der Waals surface area (Å²) in [5.74, 6) is 0.0230. The van der Waals surface area contributed by atoms with E-state index in [1.807, 2.05) is 18.3 Å². The van der Waals surface area contributed by atoms with E-state index in [0.29, 0.717) is 11.7 Å². The molecule has 3 aromatic rings. The Kier molecular flexibility index (Phi) is 5.67. The van der Waals surface area contributed by atoms with E-state index in [9.17, 15) is 9.90 Å². The Morgan fingerprint density at radius 2 is 2.03 bits per heavy atom. The van der Waals surface area contributed by atoms with Crippen LogP contribution in [0.4, 0.5) is 0 Å². The lowest BCUT2D eigenvalue weighted by atomic mass is 9.83. The number of nitrogens with one attached hydrogen (secondary N) is 1. The first kappa shape index (κ1) is 22.0. The maximum Gasteiger partial charge on any atom is 0.335 e. The summed E-state index contributed by atoms with van der Waals surface area (Å²) in [6.45, 7) is 6.66. The number of aromatic nitrogens is 1. The van der Waals surface area contributed by atoms with Crippen molar-refractivity contribution in [2.24, 2.45) is 5.41 Å². The molecule has 3 atom stereocenters. The number of aryl methyl sites for hydroxylation is 1. The topological polar surface area (TPSA) is 74.8 Å². The van der Waals surface area contributed by atoms with E-state index < -0.39 is 5.97 Å². The highest BCUT2D eigenvalue weighted by Crippen LogP contribution is 2.60. The Morgan fingerprint density at radius 3 is 2.73 bits per heavy atom. The highest BCUT2D eigenvalue weighted by atomic mass is 16.5. The molecule has 174 valence electrons. The molecule has 0 radical (unpaired) electrons. The summed E-state index contributed by atoms with van der Waals surface area (Å²) in [6, 6.07) is 11.9. The molecule has 1 aliphatic heterocycles. The molecule has 2 aliphatic rings. The van der Waals surface area contributed by atoms with Crippen molar-refractivity contribution >= 4 is 16.9 Å². The fraction of sp³-hybridized carbons (Fsp3) is 0.444. The number of methoxy groups -OCH3 is 1. The van der Waals surface area contributed by atoms with E-state index in [-0.39, 0.29) is 11.5 Å². The van der Waals surface area contributed by atoms with Crippen molar-refractivity contribution in [1.29, 1.82) is 0 Å². The first-order valence-electron chi connectivity index (χ1n) is 11.8. The van der Waals surface area contributed by atoms with Crippen molar-refractivity contribution in [2.45, 2.75) is 51.8 Å². The van der Waals surface area contributed by atoms with E-state index in [1.165, 1.54) is 16.5 Å². The molecule has 0 amide bonds. The fourth-order valence-electron chi connectivity index (χ4n) is 5.71. The van der Waals surface area contributed by atoms with Gasteiger partial charge in [-0.25, -0.2) is 4.79 Å². The minimum absolute atomic E-state index is 0.201. The molecule has 1 spiro atoms. The van der Waals surface area contributed by atoms with E-state index in [2.05, 4.69) is 35.9 Å². The fourth-order valence-corrected chi connectivity index (χ4v) is 5.71. The zero-order valence-electron chi connectivity index (χ0n) is 19.6. The van der Waals surface area contributed by atoms with E-state index in [0.717, 1.165) is 55.8 Å². The highest BCUT2D eigenvalue weighted by molar-refractivity contribution is 5.88. The second kappa shape index (κ2) is 8.50. The van der Waals surface area contributed by atoms with Gasteiger partial charge in [0.05, 0.1) is 18.8 Å². The van der Waals surface area contributed by atoms with E-state index >= 15 is 0 Å². The monoisotopic (exact) mass is 448 g/mol. The van der Waals surface area contributed by atoms with Crippen molar-refractivity contribution in [3.8, 4) is 5.75 Å². The van der Waals surface area contributed by atoms with Crippen LogP contribution in [0.1, 0.15) is 59.3 Å². The molecule has 2 heterocycles. The molecular weight excluding hydrogens is 416 g/mol. The average Bonchev–Trinajstić information content (AvgIpc) is 3.22. The summed E-state index contributed by atoms with van der Waals surface area (Å²) in [7, 11) is 1.74. The van der Waals surface area contributed by atoms with E-state index in [1.54, 1.807) is 19.2 Å². The maximum absolute atomic E-state index is 11.4. The van der Waals surface area contributed by atoms with Crippen molar-refractivity contribution in [3.05, 3.63) is 64.8 Å². The van der Waals surface area contributed by atoms with Crippen LogP contribution < -0.4 is 4.74 Å². The molecule has 1 saturated carbocycles. The van der Waals surface area contributed by atoms with Gasteiger partial charge in [-0.1, -0.05) is 12.1 Å². The number of fused-ring (bicyclic) bond motifs is 1. The van der Waals surface area contributed by atoms with Crippen LogP contribution in [0.5, 0.6) is 5.75 Å². The molecule has 2 fully saturated rings. The SMILES string of the molecule is CCOC1CC12CCN(Cc1c(OC)cc(C)c3[nH]ccc13)C(c1ccc(C(=O)O)cc1)C2. The third-order valence-electron chi connectivity index (χ3n) is 7.66. The van der Waals surface area contributed by atoms with Gasteiger partial charge in [-0.15, -0.1) is 0 Å².